The number of amides is 1. The molecule has 0 spiro atoms. The van der Waals surface area contributed by atoms with Gasteiger partial charge in [-0.3, -0.25) is 4.79 Å². The fourth-order valence-electron chi connectivity index (χ4n) is 5.28. The van der Waals surface area contributed by atoms with E-state index in [1.54, 1.807) is 12.1 Å². The predicted octanol–water partition coefficient (Wildman–Crippen LogP) is 5.45. The van der Waals surface area contributed by atoms with E-state index in [2.05, 4.69) is 24.3 Å². The lowest BCUT2D eigenvalue weighted by Gasteiger charge is -2.37. The lowest BCUT2D eigenvalue weighted by Crippen LogP contribution is -2.45. The van der Waals surface area contributed by atoms with Crippen LogP contribution in [-0.2, 0) is 10.0 Å². The van der Waals surface area contributed by atoms with Gasteiger partial charge in [0.1, 0.15) is 11.6 Å². The van der Waals surface area contributed by atoms with Crippen molar-refractivity contribution in [3.8, 4) is 5.75 Å². The Kier molecular flexibility index (Phi) is 8.98. The number of sulfonamides is 1. The summed E-state index contributed by atoms with van der Waals surface area (Å²) < 4.78 is 48.0. The van der Waals surface area contributed by atoms with Gasteiger partial charge in [0.2, 0.25) is 0 Å². The SMILES string of the molecule is CN(C)[C@H]1CCCC[C@@H]1Nc1ccc(S(=O)(=O)NC(=O)c2cc(Cl)c(OCC3CCCC3)cc2F)cc1. The second-order valence-electron chi connectivity index (χ2n) is 10.2. The van der Waals surface area contributed by atoms with Gasteiger partial charge in [-0.25, -0.2) is 17.5 Å². The van der Waals surface area contributed by atoms with Crippen molar-refractivity contribution in [2.24, 2.45) is 5.92 Å². The van der Waals surface area contributed by atoms with Gasteiger partial charge >= 0.3 is 0 Å². The van der Waals surface area contributed by atoms with Crippen molar-refractivity contribution >= 4 is 33.2 Å². The third-order valence-electron chi connectivity index (χ3n) is 7.35. The molecule has 4 rings (SSSR count). The van der Waals surface area contributed by atoms with E-state index in [0.29, 0.717) is 18.6 Å². The highest BCUT2D eigenvalue weighted by atomic mass is 35.5. The van der Waals surface area contributed by atoms with Crippen molar-refractivity contribution in [1.29, 1.82) is 0 Å². The first-order valence-electron chi connectivity index (χ1n) is 12.9. The van der Waals surface area contributed by atoms with E-state index in [0.717, 1.165) is 62.8 Å². The van der Waals surface area contributed by atoms with Crippen molar-refractivity contribution in [3.05, 3.63) is 52.8 Å². The van der Waals surface area contributed by atoms with Gasteiger partial charge in [-0.05, 0) is 76.0 Å². The fraction of sp³-hybridized carbons (Fsp3) is 0.519. The van der Waals surface area contributed by atoms with Gasteiger partial charge < -0.3 is 15.0 Å². The number of likely N-dealkylation sites (N-methyl/N-ethyl adjacent to an activating group) is 1. The topological polar surface area (TPSA) is 87.7 Å². The summed E-state index contributed by atoms with van der Waals surface area (Å²) in [6, 6.07) is 9.00. The Bertz CT molecular complexity index is 1200. The van der Waals surface area contributed by atoms with E-state index >= 15 is 0 Å². The standard InChI is InChI=1S/C27H35ClFN3O4S/c1-32(2)25-10-6-5-9-24(25)30-19-11-13-20(14-12-19)37(34,35)31-27(33)21-15-22(28)26(16-23(21)29)36-17-18-7-3-4-8-18/h11-16,18,24-25,30H,3-10,17H2,1-2H3,(H,31,33)/t24-,25-/m0/s1. The molecule has 2 aliphatic carbocycles. The third kappa shape index (κ3) is 6.94. The number of nitrogens with zero attached hydrogens (tertiary/aromatic N) is 1. The minimum Gasteiger partial charge on any atom is -0.492 e. The van der Waals surface area contributed by atoms with Crippen molar-refractivity contribution in [2.45, 2.75) is 68.3 Å². The normalized spacial score (nSPS) is 20.7. The molecule has 2 aromatic rings. The molecule has 0 radical (unpaired) electrons. The van der Waals surface area contributed by atoms with Crippen LogP contribution in [-0.4, -0.2) is 52.0 Å². The van der Waals surface area contributed by atoms with Crippen molar-refractivity contribution in [3.63, 3.8) is 0 Å². The number of hydrogen-bond acceptors (Lipinski definition) is 6. The summed E-state index contributed by atoms with van der Waals surface area (Å²) >= 11 is 6.22. The maximum Gasteiger partial charge on any atom is 0.268 e. The summed E-state index contributed by atoms with van der Waals surface area (Å²) in [5, 5.41) is 3.56. The number of rotatable bonds is 9. The first-order chi connectivity index (χ1) is 17.6. The monoisotopic (exact) mass is 551 g/mol. The van der Waals surface area contributed by atoms with Crippen LogP contribution >= 0.6 is 11.6 Å². The lowest BCUT2D eigenvalue weighted by molar-refractivity contribution is 0.0977. The summed E-state index contributed by atoms with van der Waals surface area (Å²) in [5.74, 6) is -1.45. The number of carbonyl (C=O) groups is 1. The van der Waals surface area contributed by atoms with E-state index in [4.69, 9.17) is 16.3 Å². The molecule has 2 aliphatic rings. The molecule has 0 aromatic heterocycles. The Morgan fingerprint density at radius 1 is 1.05 bits per heavy atom. The Hall–Kier alpha value is -2.36. The molecule has 0 saturated heterocycles. The molecule has 202 valence electrons. The Balaban J connectivity index is 1.40. The van der Waals surface area contributed by atoms with E-state index in [1.165, 1.54) is 18.6 Å². The van der Waals surface area contributed by atoms with Crippen LogP contribution < -0.4 is 14.8 Å². The summed E-state index contributed by atoms with van der Waals surface area (Å²) in [5.41, 5.74) is 0.335. The van der Waals surface area contributed by atoms with Gasteiger partial charge in [0.05, 0.1) is 22.1 Å². The minimum atomic E-state index is -4.22. The van der Waals surface area contributed by atoms with E-state index in [-0.39, 0.29) is 21.7 Å². The molecule has 2 atom stereocenters. The molecule has 0 aliphatic heterocycles. The molecule has 1 amide bonds. The number of halogens is 2. The van der Waals surface area contributed by atoms with Crippen molar-refractivity contribution < 1.29 is 22.3 Å². The summed E-state index contributed by atoms with van der Waals surface area (Å²) in [4.78, 5) is 14.8. The minimum absolute atomic E-state index is 0.0520. The maximum atomic E-state index is 14.7. The number of benzene rings is 2. The fourth-order valence-corrected chi connectivity index (χ4v) is 6.46. The van der Waals surface area contributed by atoms with Crippen LogP contribution in [0.1, 0.15) is 61.7 Å². The van der Waals surface area contributed by atoms with Gasteiger partial charge in [0.25, 0.3) is 15.9 Å². The van der Waals surface area contributed by atoms with E-state index in [1.807, 2.05) is 4.72 Å². The number of carbonyl (C=O) groups excluding carboxylic acids is 1. The first-order valence-corrected chi connectivity index (χ1v) is 14.7. The summed E-state index contributed by atoms with van der Waals surface area (Å²) in [7, 11) is -0.0882. The van der Waals surface area contributed by atoms with Crippen LogP contribution in [0.5, 0.6) is 5.75 Å². The van der Waals surface area contributed by atoms with Gasteiger partial charge in [-0.15, -0.1) is 0 Å². The van der Waals surface area contributed by atoms with Gasteiger partial charge in [0.15, 0.2) is 0 Å². The molecule has 0 bridgehead atoms. The number of nitrogens with one attached hydrogen (secondary N) is 2. The largest absolute Gasteiger partial charge is 0.492 e. The molecular weight excluding hydrogens is 517 g/mol. The zero-order chi connectivity index (χ0) is 26.6. The molecule has 2 saturated carbocycles. The van der Waals surface area contributed by atoms with Crippen molar-refractivity contribution in [2.75, 3.05) is 26.0 Å². The quantitative estimate of drug-likeness (QED) is 0.431. The molecule has 2 fully saturated rings. The highest BCUT2D eigenvalue weighted by Gasteiger charge is 2.27. The Morgan fingerprint density at radius 2 is 1.70 bits per heavy atom. The molecule has 2 N–H and O–H groups in total. The molecule has 37 heavy (non-hydrogen) atoms. The maximum absolute atomic E-state index is 14.7. The van der Waals surface area contributed by atoms with Crippen LogP contribution in [0.4, 0.5) is 10.1 Å². The summed E-state index contributed by atoms with van der Waals surface area (Å²) in [6.07, 6.45) is 8.92. The molecular formula is C27H35ClFN3O4S. The van der Waals surface area contributed by atoms with E-state index in [9.17, 15) is 17.6 Å². The number of hydrogen-bond donors (Lipinski definition) is 2. The highest BCUT2D eigenvalue weighted by Crippen LogP contribution is 2.31. The van der Waals surface area contributed by atoms with Gasteiger partial charge in [-0.2, -0.15) is 0 Å². The molecule has 0 heterocycles. The third-order valence-corrected chi connectivity index (χ3v) is 8.99. The second kappa shape index (κ2) is 12.0. The average Bonchev–Trinajstić information content (AvgIpc) is 3.38. The van der Waals surface area contributed by atoms with Crippen LogP contribution in [0.2, 0.25) is 5.02 Å². The summed E-state index contributed by atoms with van der Waals surface area (Å²) in [6.45, 7) is 0.431. The van der Waals surface area contributed by atoms with Crippen LogP contribution in [0.25, 0.3) is 0 Å². The van der Waals surface area contributed by atoms with Crippen LogP contribution in [0.3, 0.4) is 0 Å². The second-order valence-corrected chi connectivity index (χ2v) is 12.3. The van der Waals surface area contributed by atoms with Crippen LogP contribution in [0.15, 0.2) is 41.3 Å². The molecule has 7 nitrogen and oxygen atoms in total. The molecule has 0 unspecified atom stereocenters. The van der Waals surface area contributed by atoms with Crippen molar-refractivity contribution in [1.82, 2.24) is 9.62 Å². The number of anilines is 1. The zero-order valence-electron chi connectivity index (χ0n) is 21.3. The molecule has 2 aromatic carbocycles. The predicted molar refractivity (Wildman–Crippen MR) is 143 cm³/mol. The Morgan fingerprint density at radius 3 is 2.38 bits per heavy atom. The molecule has 10 heteroatoms. The van der Waals surface area contributed by atoms with Gasteiger partial charge in [-0.1, -0.05) is 37.3 Å². The number of ether oxygens (including phenoxy) is 1. The highest BCUT2D eigenvalue weighted by molar-refractivity contribution is 7.90. The van der Waals surface area contributed by atoms with Gasteiger partial charge in [0, 0.05) is 23.8 Å². The lowest BCUT2D eigenvalue weighted by atomic mass is 9.89. The van der Waals surface area contributed by atoms with Crippen LogP contribution in [0, 0.1) is 11.7 Å². The average molecular weight is 552 g/mol. The smallest absolute Gasteiger partial charge is 0.268 e. The van der Waals surface area contributed by atoms with E-state index < -0.39 is 27.3 Å². The zero-order valence-corrected chi connectivity index (χ0v) is 22.9. The Labute approximate surface area is 223 Å². The first kappa shape index (κ1) is 27.7.